The van der Waals surface area contributed by atoms with E-state index in [1.807, 2.05) is 0 Å². The molecule has 4 nitrogen and oxygen atoms in total. The molecule has 0 aliphatic heterocycles. The van der Waals surface area contributed by atoms with Gasteiger partial charge >= 0.3 is 5.97 Å². The van der Waals surface area contributed by atoms with Crippen molar-refractivity contribution in [2.75, 3.05) is 13.2 Å². The van der Waals surface area contributed by atoms with E-state index in [1.54, 1.807) is 24.3 Å². The zero-order chi connectivity index (χ0) is 15.1. The minimum absolute atomic E-state index is 0.0351. The highest BCUT2D eigenvalue weighted by molar-refractivity contribution is 5.65. The van der Waals surface area contributed by atoms with Crippen LogP contribution in [0.4, 0.5) is 0 Å². The molecule has 0 spiro atoms. The summed E-state index contributed by atoms with van der Waals surface area (Å²) in [5.41, 5.74) is 0. The Labute approximate surface area is 119 Å². The Bertz CT molecular complexity index is 478. The van der Waals surface area contributed by atoms with E-state index in [2.05, 4.69) is 23.7 Å². The van der Waals surface area contributed by atoms with Crippen molar-refractivity contribution in [2.24, 2.45) is 0 Å². The summed E-state index contributed by atoms with van der Waals surface area (Å²) < 4.78 is 4.70. The van der Waals surface area contributed by atoms with E-state index in [0.717, 1.165) is 0 Å². The molecule has 0 rings (SSSR count). The minimum atomic E-state index is -0.657. The molecule has 0 saturated heterocycles. The number of rotatable bonds is 6. The van der Waals surface area contributed by atoms with Crippen LogP contribution in [0.3, 0.4) is 0 Å². The summed E-state index contributed by atoms with van der Waals surface area (Å²) in [7, 11) is 0. The van der Waals surface area contributed by atoms with Crippen LogP contribution in [-0.4, -0.2) is 35.5 Å². The van der Waals surface area contributed by atoms with Gasteiger partial charge in [0.25, 0.3) is 0 Å². The van der Waals surface area contributed by atoms with Gasteiger partial charge in [-0.25, -0.2) is 0 Å². The Morgan fingerprint density at radius 2 is 1.95 bits per heavy atom. The van der Waals surface area contributed by atoms with Crippen LogP contribution in [0.15, 0.2) is 36.5 Å². The maximum Gasteiger partial charge on any atom is 0.302 e. The third-order valence-electron chi connectivity index (χ3n) is 1.86. The van der Waals surface area contributed by atoms with Crippen LogP contribution in [0, 0.1) is 23.7 Å². The first-order valence-electron chi connectivity index (χ1n) is 6.08. The highest BCUT2D eigenvalue weighted by Gasteiger charge is 1.99. The number of aliphatic hydroxyl groups is 2. The maximum absolute atomic E-state index is 10.5. The first-order chi connectivity index (χ1) is 9.66. The van der Waals surface area contributed by atoms with E-state index in [1.165, 1.54) is 19.1 Å². The monoisotopic (exact) mass is 274 g/mol. The third kappa shape index (κ3) is 13.8. The molecule has 0 aromatic heterocycles. The van der Waals surface area contributed by atoms with E-state index >= 15 is 0 Å². The van der Waals surface area contributed by atoms with Crippen molar-refractivity contribution < 1.29 is 19.7 Å². The van der Waals surface area contributed by atoms with Crippen LogP contribution < -0.4 is 0 Å². The normalized spacial score (nSPS) is 11.9. The van der Waals surface area contributed by atoms with Gasteiger partial charge < -0.3 is 14.9 Å². The number of hydrogen-bond acceptors (Lipinski definition) is 4. The lowest BCUT2D eigenvalue weighted by Gasteiger charge is -2.04. The molecule has 1 atom stereocenters. The number of aliphatic hydroxyl groups excluding tert-OH is 2. The molecule has 0 aromatic rings. The summed E-state index contributed by atoms with van der Waals surface area (Å²) in [6, 6.07) is 0. The van der Waals surface area contributed by atoms with Crippen molar-refractivity contribution in [3.05, 3.63) is 36.5 Å². The van der Waals surface area contributed by atoms with Gasteiger partial charge in [-0.15, -0.1) is 0 Å². The van der Waals surface area contributed by atoms with Gasteiger partial charge in [0.1, 0.15) is 0 Å². The van der Waals surface area contributed by atoms with Crippen LogP contribution >= 0.6 is 0 Å². The average molecular weight is 274 g/mol. The van der Waals surface area contributed by atoms with Crippen LogP contribution in [0.2, 0.25) is 0 Å². The second-order valence-electron chi connectivity index (χ2n) is 3.56. The minimum Gasteiger partial charge on any atom is -0.466 e. The lowest BCUT2D eigenvalue weighted by atomic mass is 10.2. The van der Waals surface area contributed by atoms with Gasteiger partial charge in [-0.3, -0.25) is 4.79 Å². The molecule has 0 fully saturated rings. The Morgan fingerprint density at radius 1 is 1.25 bits per heavy atom. The second-order valence-corrected chi connectivity index (χ2v) is 3.56. The molecule has 0 bridgehead atoms. The van der Waals surface area contributed by atoms with Crippen molar-refractivity contribution in [2.45, 2.75) is 19.4 Å². The standard InChI is InChI=1S/C16H18O4/c1-15(18)20-14-12-16(19)11-9-7-5-3-2-4-6-8-10-13-17/h5,7-11,16-17,19H,12-14H2,1H3/b7-5+,10-8+,11-9+/t16-/m1/s1. The molecule has 106 valence electrons. The predicted molar refractivity (Wildman–Crippen MR) is 77.3 cm³/mol. The van der Waals surface area contributed by atoms with E-state index < -0.39 is 6.10 Å². The summed E-state index contributed by atoms with van der Waals surface area (Å²) in [5.74, 6) is 10.1. The zero-order valence-electron chi connectivity index (χ0n) is 11.4. The predicted octanol–water partition coefficient (Wildman–Crippen LogP) is 0.968. The smallest absolute Gasteiger partial charge is 0.302 e. The van der Waals surface area contributed by atoms with Gasteiger partial charge in [0.05, 0.1) is 19.3 Å². The Morgan fingerprint density at radius 3 is 2.60 bits per heavy atom. The van der Waals surface area contributed by atoms with Crippen molar-refractivity contribution in [3.63, 3.8) is 0 Å². The average Bonchev–Trinajstić information content (AvgIpc) is 2.40. The Hall–Kier alpha value is -2.27. The van der Waals surface area contributed by atoms with Gasteiger partial charge in [0.15, 0.2) is 0 Å². The van der Waals surface area contributed by atoms with Crippen molar-refractivity contribution in [3.8, 4) is 23.7 Å². The molecule has 0 aliphatic rings. The number of ether oxygens (including phenoxy) is 1. The molecule has 2 N–H and O–H groups in total. The van der Waals surface area contributed by atoms with Crippen molar-refractivity contribution in [1.82, 2.24) is 0 Å². The van der Waals surface area contributed by atoms with Crippen molar-refractivity contribution in [1.29, 1.82) is 0 Å². The lowest BCUT2D eigenvalue weighted by Crippen LogP contribution is -2.09. The largest absolute Gasteiger partial charge is 0.466 e. The zero-order valence-corrected chi connectivity index (χ0v) is 11.4. The van der Waals surface area contributed by atoms with Crippen molar-refractivity contribution >= 4 is 5.97 Å². The van der Waals surface area contributed by atoms with Gasteiger partial charge in [-0.1, -0.05) is 36.1 Å². The molecular formula is C16H18O4. The number of carbonyl (C=O) groups excluding carboxylic acids is 1. The van der Waals surface area contributed by atoms with Gasteiger partial charge in [-0.2, -0.15) is 0 Å². The van der Waals surface area contributed by atoms with Crippen LogP contribution in [0.25, 0.3) is 0 Å². The maximum atomic E-state index is 10.5. The van der Waals surface area contributed by atoms with Gasteiger partial charge in [0, 0.05) is 13.3 Å². The van der Waals surface area contributed by atoms with E-state index in [4.69, 9.17) is 9.84 Å². The second kappa shape index (κ2) is 13.2. The van der Waals surface area contributed by atoms with Crippen LogP contribution in [0.1, 0.15) is 13.3 Å². The highest BCUT2D eigenvalue weighted by Crippen LogP contribution is 1.95. The molecular weight excluding hydrogens is 256 g/mol. The Kier molecular flexibility index (Phi) is 11.7. The van der Waals surface area contributed by atoms with E-state index in [-0.39, 0.29) is 19.2 Å². The molecule has 0 radical (unpaired) electrons. The molecule has 0 heterocycles. The van der Waals surface area contributed by atoms with Gasteiger partial charge in [-0.05, 0) is 24.0 Å². The number of hydrogen-bond donors (Lipinski definition) is 2. The fraction of sp³-hybridized carbons (Fsp3) is 0.312. The first-order valence-corrected chi connectivity index (χ1v) is 6.08. The van der Waals surface area contributed by atoms with E-state index in [0.29, 0.717) is 6.42 Å². The first kappa shape index (κ1) is 17.7. The molecule has 20 heavy (non-hydrogen) atoms. The van der Waals surface area contributed by atoms with E-state index in [9.17, 15) is 9.90 Å². The molecule has 4 heteroatoms. The molecule has 0 aromatic carbocycles. The number of allylic oxidation sites excluding steroid dienone is 4. The molecule has 0 amide bonds. The van der Waals surface area contributed by atoms with Crippen LogP contribution in [0.5, 0.6) is 0 Å². The highest BCUT2D eigenvalue weighted by atomic mass is 16.5. The molecule has 0 unspecified atom stereocenters. The molecule has 0 saturated carbocycles. The SMILES string of the molecule is CC(=O)OCC[C@H](O)/C=C/C=C/C#CC#C/C=C/CO. The Balaban J connectivity index is 3.90. The van der Waals surface area contributed by atoms with Gasteiger partial charge in [0.2, 0.25) is 0 Å². The number of esters is 1. The lowest BCUT2D eigenvalue weighted by molar-refractivity contribution is -0.141. The van der Waals surface area contributed by atoms with Crippen LogP contribution in [-0.2, 0) is 9.53 Å². The summed E-state index contributed by atoms with van der Waals surface area (Å²) in [6.45, 7) is 1.49. The summed E-state index contributed by atoms with van der Waals surface area (Å²) in [6.07, 6.45) is 9.26. The summed E-state index contributed by atoms with van der Waals surface area (Å²) in [4.78, 5) is 10.5. The summed E-state index contributed by atoms with van der Waals surface area (Å²) >= 11 is 0. The fourth-order valence-corrected chi connectivity index (χ4v) is 0.983. The third-order valence-corrected chi connectivity index (χ3v) is 1.86. The fourth-order valence-electron chi connectivity index (χ4n) is 0.983. The topological polar surface area (TPSA) is 66.8 Å². The molecule has 0 aliphatic carbocycles. The quantitative estimate of drug-likeness (QED) is 0.430. The summed E-state index contributed by atoms with van der Waals surface area (Å²) in [5, 5.41) is 17.9. The number of carbonyl (C=O) groups is 1.